The molecule has 0 radical (unpaired) electrons. The molecule has 17 heavy (non-hydrogen) atoms. The normalized spacial score (nSPS) is 11.1. The maximum absolute atomic E-state index is 6.00. The maximum atomic E-state index is 6.00. The van der Waals surface area contributed by atoms with Gasteiger partial charge < -0.3 is 5.73 Å². The van der Waals surface area contributed by atoms with Crippen molar-refractivity contribution in [1.29, 1.82) is 0 Å². The lowest BCUT2D eigenvalue weighted by atomic mass is 10.1. The molecule has 0 atom stereocenters. The Labute approximate surface area is 110 Å². The number of benzene rings is 1. The van der Waals surface area contributed by atoms with Gasteiger partial charge in [-0.3, -0.25) is 4.68 Å². The third kappa shape index (κ3) is 2.88. The van der Waals surface area contributed by atoms with Gasteiger partial charge in [0.25, 0.3) is 0 Å². The number of anilines is 1. The van der Waals surface area contributed by atoms with Crippen LogP contribution in [0.2, 0.25) is 0 Å². The standard InChI is InChI=1S/C13H16BrN3/c1-9(2)7-17-8-12(15)13(16-17)10-4-3-5-11(14)6-10/h3-6,8-9H,7,15H2,1-2H3. The average molecular weight is 294 g/mol. The van der Waals surface area contributed by atoms with Crippen LogP contribution in [-0.2, 0) is 6.54 Å². The zero-order valence-electron chi connectivity index (χ0n) is 10.0. The van der Waals surface area contributed by atoms with Gasteiger partial charge in [0.15, 0.2) is 0 Å². The molecule has 1 heterocycles. The summed E-state index contributed by atoms with van der Waals surface area (Å²) in [5, 5.41) is 4.53. The number of aromatic nitrogens is 2. The van der Waals surface area contributed by atoms with Gasteiger partial charge in [-0.1, -0.05) is 41.9 Å². The van der Waals surface area contributed by atoms with Crippen molar-refractivity contribution in [2.45, 2.75) is 20.4 Å². The molecule has 0 aliphatic heterocycles. The van der Waals surface area contributed by atoms with Crippen molar-refractivity contribution in [1.82, 2.24) is 9.78 Å². The van der Waals surface area contributed by atoms with E-state index in [0.717, 1.165) is 28.0 Å². The Balaban J connectivity index is 2.36. The highest BCUT2D eigenvalue weighted by Crippen LogP contribution is 2.26. The number of hydrogen-bond acceptors (Lipinski definition) is 2. The first-order valence-electron chi connectivity index (χ1n) is 5.65. The molecule has 0 aliphatic rings. The van der Waals surface area contributed by atoms with Crippen molar-refractivity contribution in [3.63, 3.8) is 0 Å². The molecule has 0 bridgehead atoms. The van der Waals surface area contributed by atoms with E-state index in [1.165, 1.54) is 0 Å². The summed E-state index contributed by atoms with van der Waals surface area (Å²) in [6, 6.07) is 8.02. The second-order valence-electron chi connectivity index (χ2n) is 4.56. The molecule has 0 saturated carbocycles. The first-order valence-corrected chi connectivity index (χ1v) is 6.44. The van der Waals surface area contributed by atoms with Crippen LogP contribution in [0, 0.1) is 5.92 Å². The molecule has 0 amide bonds. The molecule has 1 aromatic carbocycles. The molecule has 2 rings (SSSR count). The smallest absolute Gasteiger partial charge is 0.115 e. The summed E-state index contributed by atoms with van der Waals surface area (Å²) in [5.41, 5.74) is 8.62. The van der Waals surface area contributed by atoms with Gasteiger partial charge in [-0.05, 0) is 18.1 Å². The highest BCUT2D eigenvalue weighted by molar-refractivity contribution is 9.10. The lowest BCUT2D eigenvalue weighted by Gasteiger charge is -2.03. The van der Waals surface area contributed by atoms with Crippen LogP contribution < -0.4 is 5.73 Å². The molecule has 1 aromatic heterocycles. The van der Waals surface area contributed by atoms with E-state index < -0.39 is 0 Å². The summed E-state index contributed by atoms with van der Waals surface area (Å²) in [7, 11) is 0. The van der Waals surface area contributed by atoms with E-state index in [4.69, 9.17) is 5.73 Å². The summed E-state index contributed by atoms with van der Waals surface area (Å²) >= 11 is 3.46. The van der Waals surface area contributed by atoms with Crippen molar-refractivity contribution in [2.75, 3.05) is 5.73 Å². The number of nitrogen functional groups attached to an aromatic ring is 1. The Morgan fingerprint density at radius 2 is 2.18 bits per heavy atom. The summed E-state index contributed by atoms with van der Waals surface area (Å²) in [5.74, 6) is 0.560. The topological polar surface area (TPSA) is 43.8 Å². The Bertz CT molecular complexity index is 517. The maximum Gasteiger partial charge on any atom is 0.115 e. The molecule has 2 aromatic rings. The highest BCUT2D eigenvalue weighted by atomic mass is 79.9. The molecule has 0 aliphatic carbocycles. The van der Waals surface area contributed by atoms with Gasteiger partial charge in [-0.15, -0.1) is 0 Å². The fraction of sp³-hybridized carbons (Fsp3) is 0.308. The van der Waals surface area contributed by atoms with Crippen LogP contribution in [-0.4, -0.2) is 9.78 Å². The minimum atomic E-state index is 0.560. The predicted octanol–water partition coefficient (Wildman–Crippen LogP) is 3.55. The first-order chi connectivity index (χ1) is 8.06. The average Bonchev–Trinajstić information content (AvgIpc) is 2.58. The number of halogens is 1. The molecule has 0 fully saturated rings. The fourth-order valence-corrected chi connectivity index (χ4v) is 2.16. The molecule has 0 spiro atoms. The SMILES string of the molecule is CC(C)Cn1cc(N)c(-c2cccc(Br)c2)n1. The quantitative estimate of drug-likeness (QED) is 0.940. The van der Waals surface area contributed by atoms with Crippen LogP contribution >= 0.6 is 15.9 Å². The Hall–Kier alpha value is -1.29. The monoisotopic (exact) mass is 293 g/mol. The van der Waals surface area contributed by atoms with Gasteiger partial charge in [0, 0.05) is 22.8 Å². The van der Waals surface area contributed by atoms with E-state index in [-0.39, 0.29) is 0 Å². The van der Waals surface area contributed by atoms with Crippen LogP contribution in [0.5, 0.6) is 0 Å². The number of hydrogen-bond donors (Lipinski definition) is 1. The number of rotatable bonds is 3. The first kappa shape index (κ1) is 12.2. The van der Waals surface area contributed by atoms with Crippen molar-refractivity contribution in [2.24, 2.45) is 5.92 Å². The van der Waals surface area contributed by atoms with Gasteiger partial charge in [0.1, 0.15) is 5.69 Å². The van der Waals surface area contributed by atoms with E-state index in [1.54, 1.807) is 0 Å². The molecule has 4 heteroatoms. The summed E-state index contributed by atoms with van der Waals surface area (Å²) in [6.07, 6.45) is 1.90. The van der Waals surface area contributed by atoms with Gasteiger partial charge >= 0.3 is 0 Å². The van der Waals surface area contributed by atoms with Gasteiger partial charge in [-0.2, -0.15) is 5.10 Å². The van der Waals surface area contributed by atoms with Crippen LogP contribution in [0.15, 0.2) is 34.9 Å². The van der Waals surface area contributed by atoms with E-state index >= 15 is 0 Å². The lowest BCUT2D eigenvalue weighted by molar-refractivity contribution is 0.484. The number of nitrogens with zero attached hydrogens (tertiary/aromatic N) is 2. The summed E-state index contributed by atoms with van der Waals surface area (Å²) in [6.45, 7) is 5.21. The zero-order chi connectivity index (χ0) is 12.4. The minimum absolute atomic E-state index is 0.560. The zero-order valence-corrected chi connectivity index (χ0v) is 11.6. The van der Waals surface area contributed by atoms with E-state index in [0.29, 0.717) is 5.92 Å². The lowest BCUT2D eigenvalue weighted by Crippen LogP contribution is -2.04. The molecule has 3 nitrogen and oxygen atoms in total. The molecular formula is C13H16BrN3. The van der Waals surface area contributed by atoms with Gasteiger partial charge in [0.05, 0.1) is 5.69 Å². The van der Waals surface area contributed by atoms with E-state index in [1.807, 2.05) is 35.1 Å². The fourth-order valence-electron chi connectivity index (χ4n) is 1.76. The van der Waals surface area contributed by atoms with Crippen molar-refractivity contribution >= 4 is 21.6 Å². The largest absolute Gasteiger partial charge is 0.396 e. The van der Waals surface area contributed by atoms with Crippen LogP contribution in [0.1, 0.15) is 13.8 Å². The molecule has 90 valence electrons. The summed E-state index contributed by atoms with van der Waals surface area (Å²) < 4.78 is 2.95. The van der Waals surface area contributed by atoms with E-state index in [9.17, 15) is 0 Å². The summed E-state index contributed by atoms with van der Waals surface area (Å²) in [4.78, 5) is 0. The Morgan fingerprint density at radius 1 is 1.41 bits per heavy atom. The van der Waals surface area contributed by atoms with Crippen LogP contribution in [0.4, 0.5) is 5.69 Å². The molecule has 0 saturated heterocycles. The second kappa shape index (κ2) is 4.92. The minimum Gasteiger partial charge on any atom is -0.396 e. The van der Waals surface area contributed by atoms with Crippen molar-refractivity contribution < 1.29 is 0 Å². The highest BCUT2D eigenvalue weighted by Gasteiger charge is 2.09. The molecule has 0 unspecified atom stereocenters. The van der Waals surface area contributed by atoms with Crippen LogP contribution in [0.3, 0.4) is 0 Å². The van der Waals surface area contributed by atoms with Crippen LogP contribution in [0.25, 0.3) is 11.3 Å². The van der Waals surface area contributed by atoms with E-state index in [2.05, 4.69) is 34.9 Å². The molecule has 2 N–H and O–H groups in total. The predicted molar refractivity (Wildman–Crippen MR) is 74.6 cm³/mol. The van der Waals surface area contributed by atoms with Crippen molar-refractivity contribution in [3.05, 3.63) is 34.9 Å². The third-order valence-electron chi connectivity index (χ3n) is 2.44. The number of nitrogens with two attached hydrogens (primary N) is 1. The third-order valence-corrected chi connectivity index (χ3v) is 2.93. The van der Waals surface area contributed by atoms with Crippen molar-refractivity contribution in [3.8, 4) is 11.3 Å². The van der Waals surface area contributed by atoms with Gasteiger partial charge in [0.2, 0.25) is 0 Å². The Morgan fingerprint density at radius 3 is 2.82 bits per heavy atom. The second-order valence-corrected chi connectivity index (χ2v) is 5.47. The van der Waals surface area contributed by atoms with Gasteiger partial charge in [-0.25, -0.2) is 0 Å². The Kier molecular flexibility index (Phi) is 3.52. The molecular weight excluding hydrogens is 278 g/mol.